The van der Waals surface area contributed by atoms with Crippen LogP contribution in [0.5, 0.6) is 0 Å². The molecule has 2 saturated heterocycles. The minimum absolute atomic E-state index is 0.189. The number of hydrogen-bond donors (Lipinski definition) is 3. The highest BCUT2D eigenvalue weighted by molar-refractivity contribution is 7.19. The maximum Gasteiger partial charge on any atom is 0.209 e. The Bertz CT molecular complexity index is 1290. The van der Waals surface area contributed by atoms with E-state index < -0.39 is 0 Å². The monoisotopic (exact) mass is 535 g/mol. The highest BCUT2D eigenvalue weighted by Gasteiger charge is 2.23. The van der Waals surface area contributed by atoms with Gasteiger partial charge in [-0.1, -0.05) is 0 Å². The van der Waals surface area contributed by atoms with Gasteiger partial charge in [0.2, 0.25) is 6.41 Å². The number of nitrogens with zero attached hydrogens (tertiary/aromatic N) is 4. The lowest BCUT2D eigenvalue weighted by molar-refractivity contribution is -0.130. The number of aromatic nitrogens is 2. The highest BCUT2D eigenvalue weighted by Crippen LogP contribution is 2.41. The fourth-order valence-corrected chi connectivity index (χ4v) is 6.91. The van der Waals surface area contributed by atoms with Gasteiger partial charge in [0.25, 0.3) is 0 Å². The number of nitrogens with one attached hydrogen (secondary N) is 2. The van der Waals surface area contributed by atoms with Crippen LogP contribution >= 0.6 is 11.3 Å². The lowest BCUT2D eigenvalue weighted by Gasteiger charge is -2.32. The van der Waals surface area contributed by atoms with E-state index in [1.165, 1.54) is 47.7 Å². The topological polar surface area (TPSA) is 120 Å². The zero-order valence-electron chi connectivity index (χ0n) is 22.2. The van der Waals surface area contributed by atoms with Crippen LogP contribution in [-0.2, 0) is 22.4 Å². The summed E-state index contributed by atoms with van der Waals surface area (Å²) in [5, 5.41) is 12.5. The first-order chi connectivity index (χ1) is 18.5. The summed E-state index contributed by atoms with van der Waals surface area (Å²) in [6.07, 6.45) is 11.4. The zero-order valence-corrected chi connectivity index (χ0v) is 23.0. The summed E-state index contributed by atoms with van der Waals surface area (Å²) in [5.41, 5.74) is 11.0. The average Bonchev–Trinajstić information content (AvgIpc) is 3.58. The number of nitrogen functional groups attached to an aromatic ring is 1. The number of anilines is 4. The molecule has 0 saturated carbocycles. The number of carbonyl (C=O) groups excluding carboxylic acids is 1. The summed E-state index contributed by atoms with van der Waals surface area (Å²) in [6, 6.07) is 3.97. The predicted molar refractivity (Wildman–Crippen MR) is 155 cm³/mol. The van der Waals surface area contributed by atoms with Gasteiger partial charge in [0.15, 0.2) is 0 Å². The number of thiophene rings is 1. The van der Waals surface area contributed by atoms with Crippen molar-refractivity contribution < 1.29 is 9.53 Å². The number of amides is 1. The minimum atomic E-state index is 0.189. The molecule has 2 atom stereocenters. The van der Waals surface area contributed by atoms with Crippen molar-refractivity contribution in [1.82, 2.24) is 14.9 Å². The van der Waals surface area contributed by atoms with Crippen LogP contribution in [0.25, 0.3) is 10.2 Å². The van der Waals surface area contributed by atoms with E-state index >= 15 is 0 Å². The molecule has 3 aliphatic rings. The van der Waals surface area contributed by atoms with E-state index in [2.05, 4.69) is 20.2 Å². The molecule has 4 heterocycles. The Kier molecular flexibility index (Phi) is 8.09. The van der Waals surface area contributed by atoms with Crippen LogP contribution < -0.4 is 16.0 Å². The third-order valence-corrected chi connectivity index (χ3v) is 8.60. The summed E-state index contributed by atoms with van der Waals surface area (Å²) in [5.74, 6) is 0.866. The molecule has 0 bridgehead atoms. The van der Waals surface area contributed by atoms with Crippen LogP contribution in [0.15, 0.2) is 18.5 Å². The first kappa shape index (κ1) is 26.4. The maximum absolute atomic E-state index is 10.3. The van der Waals surface area contributed by atoms with Gasteiger partial charge in [0.05, 0.1) is 29.0 Å². The Labute approximate surface area is 227 Å². The Balaban J connectivity index is 0.000000249. The van der Waals surface area contributed by atoms with E-state index in [4.69, 9.17) is 15.9 Å². The summed E-state index contributed by atoms with van der Waals surface area (Å²) in [7, 11) is 0. The Hall–Kier alpha value is -3.24. The van der Waals surface area contributed by atoms with Gasteiger partial charge in [0.1, 0.15) is 17.0 Å². The normalized spacial score (nSPS) is 21.0. The van der Waals surface area contributed by atoms with Crippen LogP contribution in [0, 0.1) is 5.41 Å². The Morgan fingerprint density at radius 1 is 1.11 bits per heavy atom. The molecule has 1 amide bonds. The number of rotatable bonds is 5. The van der Waals surface area contributed by atoms with Crippen molar-refractivity contribution in [2.24, 2.45) is 0 Å². The second kappa shape index (κ2) is 11.7. The number of carbonyl (C=O) groups is 1. The lowest BCUT2D eigenvalue weighted by Crippen LogP contribution is -2.44. The Morgan fingerprint density at radius 2 is 1.84 bits per heavy atom. The molecule has 10 heteroatoms. The van der Waals surface area contributed by atoms with Crippen LogP contribution in [-0.4, -0.2) is 65.9 Å². The van der Waals surface area contributed by atoms with E-state index in [0.29, 0.717) is 5.69 Å². The smallest absolute Gasteiger partial charge is 0.209 e. The predicted octanol–water partition coefficient (Wildman–Crippen LogP) is 4.75. The second-order valence-electron chi connectivity index (χ2n) is 10.4. The van der Waals surface area contributed by atoms with Crippen molar-refractivity contribution in [3.63, 3.8) is 0 Å². The van der Waals surface area contributed by atoms with Crippen molar-refractivity contribution in [1.29, 1.82) is 5.41 Å². The molecular weight excluding hydrogens is 498 g/mol. The van der Waals surface area contributed by atoms with Gasteiger partial charge < -0.3 is 31.0 Å². The number of benzene rings is 1. The quantitative estimate of drug-likeness (QED) is 0.245. The van der Waals surface area contributed by atoms with E-state index in [1.807, 2.05) is 26.0 Å². The molecule has 202 valence electrons. The molecule has 3 aromatic rings. The van der Waals surface area contributed by atoms with Crippen LogP contribution in [0.3, 0.4) is 0 Å². The van der Waals surface area contributed by atoms with Gasteiger partial charge >= 0.3 is 0 Å². The van der Waals surface area contributed by atoms with Gasteiger partial charge in [0, 0.05) is 48.5 Å². The van der Waals surface area contributed by atoms with Crippen LogP contribution in [0.4, 0.5) is 22.9 Å². The number of morpholine rings is 1. The summed E-state index contributed by atoms with van der Waals surface area (Å²) < 4.78 is 5.42. The van der Waals surface area contributed by atoms with Gasteiger partial charge in [-0.25, -0.2) is 9.97 Å². The van der Waals surface area contributed by atoms with Gasteiger partial charge in [-0.05, 0) is 70.1 Å². The second-order valence-corrected chi connectivity index (χ2v) is 11.5. The fraction of sp³-hybridized carbons (Fsp3) is 0.500. The molecule has 2 unspecified atom stereocenters. The summed E-state index contributed by atoms with van der Waals surface area (Å²) in [6.45, 7) is 7.48. The van der Waals surface area contributed by atoms with E-state index in [-0.39, 0.29) is 12.2 Å². The molecule has 6 rings (SSSR count). The molecular formula is C28H37N7O2S. The average molecular weight is 536 g/mol. The number of aryl methyl sites for hydroxylation is 2. The molecule has 1 aromatic carbocycles. The molecule has 0 radical (unpaired) electrons. The van der Waals surface area contributed by atoms with Gasteiger partial charge in [-0.3, -0.25) is 4.79 Å². The largest absolute Gasteiger partial charge is 0.398 e. The van der Waals surface area contributed by atoms with Crippen LogP contribution in [0.2, 0.25) is 0 Å². The number of ether oxygens (including phenoxy) is 1. The molecule has 0 spiro atoms. The van der Waals surface area contributed by atoms with Crippen LogP contribution in [0.1, 0.15) is 55.5 Å². The van der Waals surface area contributed by atoms with Gasteiger partial charge in [-0.2, -0.15) is 0 Å². The van der Waals surface area contributed by atoms with Crippen molar-refractivity contribution in [3.8, 4) is 0 Å². The number of fused-ring (bicyclic) bond motifs is 3. The van der Waals surface area contributed by atoms with E-state index in [0.717, 1.165) is 73.0 Å². The van der Waals surface area contributed by atoms with E-state index in [9.17, 15) is 4.79 Å². The molecule has 2 fully saturated rings. The minimum Gasteiger partial charge on any atom is -0.398 e. The highest BCUT2D eigenvalue weighted by atomic mass is 32.1. The SMILES string of the molecule is CC1CN(C=O)CC(C)O1.N=Cc1cc(Nc2ncnc3sc4c(c23)CCCC4)c(N2CCCC2)cc1N. The molecule has 9 nitrogen and oxygen atoms in total. The third kappa shape index (κ3) is 5.61. The molecule has 1 aliphatic carbocycles. The zero-order chi connectivity index (χ0) is 26.6. The summed E-state index contributed by atoms with van der Waals surface area (Å²) >= 11 is 1.81. The first-order valence-corrected chi connectivity index (χ1v) is 14.3. The molecule has 4 N–H and O–H groups in total. The van der Waals surface area contributed by atoms with Crippen molar-refractivity contribution in [2.75, 3.05) is 42.1 Å². The first-order valence-electron chi connectivity index (χ1n) is 13.5. The fourth-order valence-electron chi connectivity index (χ4n) is 5.68. The lowest BCUT2D eigenvalue weighted by atomic mass is 9.97. The van der Waals surface area contributed by atoms with Crippen molar-refractivity contribution >= 4 is 57.1 Å². The third-order valence-electron chi connectivity index (χ3n) is 7.40. The molecule has 38 heavy (non-hydrogen) atoms. The van der Waals surface area contributed by atoms with Gasteiger partial charge in [-0.15, -0.1) is 11.3 Å². The standard InChI is InChI=1S/C21H24N6S.C7H13NO2/c22-11-13-9-16(17(10-15(13)23)27-7-3-4-8-27)26-20-19-14-5-1-2-6-18(14)28-21(19)25-12-24-20;1-6-3-8(5-9)4-7(2)10-6/h9-12,22H,1-8,23H2,(H,24,25,26);5-7H,3-4H2,1-2H3. The van der Waals surface area contributed by atoms with Crippen molar-refractivity contribution in [2.45, 2.75) is 64.6 Å². The number of nitrogens with two attached hydrogens (primary N) is 1. The summed E-state index contributed by atoms with van der Waals surface area (Å²) in [4.78, 5) is 26.1. The Morgan fingerprint density at radius 3 is 2.55 bits per heavy atom. The maximum atomic E-state index is 10.3. The van der Waals surface area contributed by atoms with Crippen molar-refractivity contribution in [3.05, 3.63) is 34.5 Å². The molecule has 2 aliphatic heterocycles. The molecule has 2 aromatic heterocycles. The van der Waals surface area contributed by atoms with E-state index in [1.54, 1.807) is 22.6 Å². The number of hydrogen-bond acceptors (Lipinski definition) is 9.